The molecule has 3 aliphatic carbocycles. The highest BCUT2D eigenvalue weighted by Crippen LogP contribution is 2.63. The molecule has 3 aliphatic rings. The molecule has 0 aromatic carbocycles. The standard InChI is InChI=1S/C24H44/c1-6-8-10-19-13-14-22-21(20(19)9-7-2)15-16-24(5)18(4)12-11-17(3)23(22)24/h17-23H,6-16H2,1-5H3. The van der Waals surface area contributed by atoms with Crippen LogP contribution in [0.1, 0.15) is 105 Å². The average Bonchev–Trinajstić information content (AvgIpc) is 2.57. The van der Waals surface area contributed by atoms with Crippen LogP contribution in [0.25, 0.3) is 0 Å². The Morgan fingerprint density at radius 3 is 2.33 bits per heavy atom. The third-order valence-electron chi connectivity index (χ3n) is 9.16. The van der Waals surface area contributed by atoms with E-state index < -0.39 is 0 Å². The molecule has 0 aromatic rings. The molecule has 0 amide bonds. The second kappa shape index (κ2) is 7.71. The third-order valence-corrected chi connectivity index (χ3v) is 9.16. The predicted octanol–water partition coefficient (Wildman–Crippen LogP) is 7.72. The van der Waals surface area contributed by atoms with Crippen LogP contribution in [0.4, 0.5) is 0 Å². The first-order chi connectivity index (χ1) is 11.5. The maximum Gasteiger partial charge on any atom is -0.0266 e. The summed E-state index contributed by atoms with van der Waals surface area (Å²) in [7, 11) is 0. The molecule has 0 aliphatic heterocycles. The lowest BCUT2D eigenvalue weighted by molar-refractivity contribution is -0.121. The van der Waals surface area contributed by atoms with Gasteiger partial charge < -0.3 is 0 Å². The van der Waals surface area contributed by atoms with Gasteiger partial charge >= 0.3 is 0 Å². The molecule has 0 bridgehead atoms. The zero-order valence-corrected chi connectivity index (χ0v) is 17.3. The van der Waals surface area contributed by atoms with Crippen LogP contribution in [0.5, 0.6) is 0 Å². The Kier molecular flexibility index (Phi) is 6.03. The molecule has 0 heteroatoms. The summed E-state index contributed by atoms with van der Waals surface area (Å²) in [5, 5.41) is 0. The minimum Gasteiger partial charge on any atom is -0.0654 e. The lowest BCUT2D eigenvalue weighted by atomic mass is 9.44. The van der Waals surface area contributed by atoms with Crippen molar-refractivity contribution in [2.45, 2.75) is 105 Å². The molecule has 0 heterocycles. The smallest absolute Gasteiger partial charge is 0.0266 e. The van der Waals surface area contributed by atoms with Gasteiger partial charge in [-0.2, -0.15) is 0 Å². The molecular formula is C24H44. The van der Waals surface area contributed by atoms with Gasteiger partial charge in [0.1, 0.15) is 0 Å². The van der Waals surface area contributed by atoms with E-state index in [0.717, 1.165) is 41.4 Å². The predicted molar refractivity (Wildman–Crippen MR) is 106 cm³/mol. The molecule has 24 heavy (non-hydrogen) atoms. The number of hydrogen-bond donors (Lipinski definition) is 0. The minimum atomic E-state index is 0.659. The van der Waals surface area contributed by atoms with Gasteiger partial charge in [-0.3, -0.25) is 0 Å². The van der Waals surface area contributed by atoms with E-state index >= 15 is 0 Å². The maximum atomic E-state index is 2.69. The van der Waals surface area contributed by atoms with Gasteiger partial charge in [-0.05, 0) is 78.9 Å². The van der Waals surface area contributed by atoms with Gasteiger partial charge in [0.05, 0.1) is 0 Å². The fourth-order valence-corrected chi connectivity index (χ4v) is 7.79. The molecule has 3 rings (SSSR count). The third kappa shape index (κ3) is 3.21. The van der Waals surface area contributed by atoms with Crippen molar-refractivity contribution in [1.29, 1.82) is 0 Å². The molecule has 0 saturated heterocycles. The zero-order chi connectivity index (χ0) is 17.3. The van der Waals surface area contributed by atoms with Gasteiger partial charge in [0.15, 0.2) is 0 Å². The van der Waals surface area contributed by atoms with Crippen molar-refractivity contribution in [3.8, 4) is 0 Å². The van der Waals surface area contributed by atoms with E-state index in [1.165, 1.54) is 51.4 Å². The Hall–Kier alpha value is 0. The monoisotopic (exact) mass is 332 g/mol. The molecule has 140 valence electrons. The molecule has 0 aromatic heterocycles. The Bertz CT molecular complexity index is 399. The fraction of sp³-hybridized carbons (Fsp3) is 1.00. The van der Waals surface area contributed by atoms with Crippen LogP contribution in [-0.4, -0.2) is 0 Å². The van der Waals surface area contributed by atoms with E-state index in [2.05, 4.69) is 34.6 Å². The second-order valence-electron chi connectivity index (χ2n) is 10.3. The van der Waals surface area contributed by atoms with E-state index in [0.29, 0.717) is 5.41 Å². The molecular weight excluding hydrogens is 288 g/mol. The Morgan fingerprint density at radius 1 is 0.833 bits per heavy atom. The summed E-state index contributed by atoms with van der Waals surface area (Å²) in [5.74, 6) is 7.24. The summed E-state index contributed by atoms with van der Waals surface area (Å²) in [6.07, 6.45) is 16.5. The highest BCUT2D eigenvalue weighted by atomic mass is 14.6. The Morgan fingerprint density at radius 2 is 1.62 bits per heavy atom. The SMILES string of the molecule is CCCCC1CCC2C(CCC3(C)C(C)CCC(C)C23)C1CCC. The molecule has 8 atom stereocenters. The summed E-state index contributed by atoms with van der Waals surface area (Å²) in [6, 6.07) is 0. The summed E-state index contributed by atoms with van der Waals surface area (Å²) >= 11 is 0. The molecule has 0 nitrogen and oxygen atoms in total. The van der Waals surface area contributed by atoms with Crippen LogP contribution in [0, 0.1) is 46.8 Å². The largest absolute Gasteiger partial charge is 0.0654 e. The van der Waals surface area contributed by atoms with E-state index in [4.69, 9.17) is 0 Å². The van der Waals surface area contributed by atoms with Gasteiger partial charge in [0.25, 0.3) is 0 Å². The van der Waals surface area contributed by atoms with Gasteiger partial charge in [-0.25, -0.2) is 0 Å². The summed E-state index contributed by atoms with van der Waals surface area (Å²) in [5.41, 5.74) is 0.659. The quantitative estimate of drug-likeness (QED) is 0.483. The highest BCUT2D eigenvalue weighted by molar-refractivity contribution is 5.04. The van der Waals surface area contributed by atoms with E-state index in [-0.39, 0.29) is 0 Å². The highest BCUT2D eigenvalue weighted by Gasteiger charge is 2.55. The van der Waals surface area contributed by atoms with Crippen molar-refractivity contribution < 1.29 is 0 Å². The molecule has 0 spiro atoms. The average molecular weight is 333 g/mol. The maximum absolute atomic E-state index is 2.69. The first-order valence-electron chi connectivity index (χ1n) is 11.5. The van der Waals surface area contributed by atoms with E-state index in [1.54, 1.807) is 19.3 Å². The fourth-order valence-electron chi connectivity index (χ4n) is 7.79. The van der Waals surface area contributed by atoms with Crippen molar-refractivity contribution >= 4 is 0 Å². The van der Waals surface area contributed by atoms with Crippen molar-refractivity contribution in [2.24, 2.45) is 46.8 Å². The van der Waals surface area contributed by atoms with Gasteiger partial charge in [-0.15, -0.1) is 0 Å². The summed E-state index contributed by atoms with van der Waals surface area (Å²) < 4.78 is 0. The molecule has 3 saturated carbocycles. The first kappa shape index (κ1) is 18.8. The first-order valence-corrected chi connectivity index (χ1v) is 11.5. The summed E-state index contributed by atoms with van der Waals surface area (Å²) in [6.45, 7) is 12.7. The van der Waals surface area contributed by atoms with Crippen molar-refractivity contribution in [3.05, 3.63) is 0 Å². The lowest BCUT2D eigenvalue weighted by Crippen LogP contribution is -2.54. The van der Waals surface area contributed by atoms with Gasteiger partial charge in [0.2, 0.25) is 0 Å². The number of unbranched alkanes of at least 4 members (excludes halogenated alkanes) is 1. The van der Waals surface area contributed by atoms with Crippen molar-refractivity contribution in [3.63, 3.8) is 0 Å². The molecule has 0 N–H and O–H groups in total. The van der Waals surface area contributed by atoms with Gasteiger partial charge in [0, 0.05) is 0 Å². The number of rotatable bonds is 5. The van der Waals surface area contributed by atoms with Crippen LogP contribution in [0.15, 0.2) is 0 Å². The number of fused-ring (bicyclic) bond motifs is 3. The van der Waals surface area contributed by atoms with Crippen LogP contribution in [-0.2, 0) is 0 Å². The Balaban J connectivity index is 1.81. The van der Waals surface area contributed by atoms with E-state index in [9.17, 15) is 0 Å². The summed E-state index contributed by atoms with van der Waals surface area (Å²) in [4.78, 5) is 0. The molecule has 3 fully saturated rings. The van der Waals surface area contributed by atoms with Crippen LogP contribution in [0.2, 0.25) is 0 Å². The Labute approximate surface area is 152 Å². The van der Waals surface area contributed by atoms with Crippen LogP contribution in [0.3, 0.4) is 0 Å². The topological polar surface area (TPSA) is 0 Å². The molecule has 0 radical (unpaired) electrons. The van der Waals surface area contributed by atoms with Crippen molar-refractivity contribution in [2.75, 3.05) is 0 Å². The van der Waals surface area contributed by atoms with Crippen LogP contribution >= 0.6 is 0 Å². The van der Waals surface area contributed by atoms with E-state index in [1.807, 2.05) is 0 Å². The number of hydrogen-bond acceptors (Lipinski definition) is 0. The lowest BCUT2D eigenvalue weighted by Gasteiger charge is -2.61. The van der Waals surface area contributed by atoms with Crippen molar-refractivity contribution in [1.82, 2.24) is 0 Å². The van der Waals surface area contributed by atoms with Crippen LogP contribution < -0.4 is 0 Å². The normalized spacial score (nSPS) is 48.6. The van der Waals surface area contributed by atoms with Gasteiger partial charge in [-0.1, -0.05) is 73.1 Å². The molecule has 8 unspecified atom stereocenters. The zero-order valence-electron chi connectivity index (χ0n) is 17.3. The minimum absolute atomic E-state index is 0.659. The second-order valence-corrected chi connectivity index (χ2v) is 10.3.